The van der Waals surface area contributed by atoms with Crippen LogP contribution in [0.2, 0.25) is 0 Å². The van der Waals surface area contributed by atoms with E-state index < -0.39 is 11.2 Å². The van der Waals surface area contributed by atoms with Gasteiger partial charge in [-0.1, -0.05) is 12.1 Å². The molecule has 0 bridgehead atoms. The molecule has 2 aromatic heterocycles. The zero-order chi connectivity index (χ0) is 22.0. The lowest BCUT2D eigenvalue weighted by Crippen LogP contribution is -2.29. The summed E-state index contributed by atoms with van der Waals surface area (Å²) in [5.41, 5.74) is 3.67. The summed E-state index contributed by atoms with van der Waals surface area (Å²) in [5.74, 6) is 0.629. The first-order chi connectivity index (χ1) is 15.0. The number of anilines is 1. The Hall–Kier alpha value is -4.21. The van der Waals surface area contributed by atoms with Crippen molar-refractivity contribution in [1.29, 1.82) is 0 Å². The highest BCUT2D eigenvalue weighted by molar-refractivity contribution is 5.80. The van der Waals surface area contributed by atoms with E-state index in [2.05, 4.69) is 20.5 Å². The Morgan fingerprint density at radius 3 is 2.55 bits per heavy atom. The van der Waals surface area contributed by atoms with Crippen LogP contribution in [0.3, 0.4) is 0 Å². The number of ether oxygens (including phenoxy) is 1. The van der Waals surface area contributed by atoms with E-state index in [4.69, 9.17) is 4.74 Å². The van der Waals surface area contributed by atoms with Gasteiger partial charge in [-0.05, 0) is 47.5 Å². The van der Waals surface area contributed by atoms with Crippen LogP contribution in [0.15, 0.2) is 63.2 Å². The van der Waals surface area contributed by atoms with Gasteiger partial charge in [-0.2, -0.15) is 10.1 Å². The Morgan fingerprint density at radius 2 is 1.87 bits per heavy atom. The van der Waals surface area contributed by atoms with Crippen LogP contribution in [-0.4, -0.2) is 32.4 Å². The molecule has 4 rings (SSSR count). The first kappa shape index (κ1) is 20.1. The fourth-order valence-corrected chi connectivity index (χ4v) is 3.10. The molecule has 0 amide bonds. The number of H-pyrrole nitrogens is 1. The van der Waals surface area contributed by atoms with Crippen LogP contribution in [0.25, 0.3) is 11.2 Å². The van der Waals surface area contributed by atoms with Crippen molar-refractivity contribution in [3.05, 3.63) is 86.3 Å². The third-order valence-electron chi connectivity index (χ3n) is 4.75. The molecule has 158 valence electrons. The molecule has 0 unspecified atom stereocenters. The van der Waals surface area contributed by atoms with Crippen LogP contribution < -0.4 is 21.4 Å². The summed E-state index contributed by atoms with van der Waals surface area (Å²) in [5, 5.41) is 4.20. The van der Waals surface area contributed by atoms with Gasteiger partial charge in [0.15, 0.2) is 11.2 Å². The van der Waals surface area contributed by atoms with E-state index in [1.165, 1.54) is 23.7 Å². The smallest absolute Gasteiger partial charge is 0.329 e. The summed E-state index contributed by atoms with van der Waals surface area (Å²) in [6, 6.07) is 13.2. The zero-order valence-electron chi connectivity index (χ0n) is 16.8. The summed E-state index contributed by atoms with van der Waals surface area (Å²) in [4.78, 5) is 31.2. The van der Waals surface area contributed by atoms with E-state index in [-0.39, 0.29) is 29.5 Å². The van der Waals surface area contributed by atoms with E-state index in [9.17, 15) is 14.0 Å². The lowest BCUT2D eigenvalue weighted by atomic mass is 10.2. The third kappa shape index (κ3) is 4.08. The number of benzene rings is 2. The number of fused-ring (bicyclic) bond motifs is 1. The lowest BCUT2D eigenvalue weighted by Gasteiger charge is -2.08. The van der Waals surface area contributed by atoms with Crippen molar-refractivity contribution >= 4 is 23.3 Å². The van der Waals surface area contributed by atoms with Crippen molar-refractivity contribution in [2.45, 2.75) is 6.54 Å². The minimum absolute atomic E-state index is 0.202. The number of nitrogens with one attached hydrogen (secondary N) is 2. The predicted octanol–water partition coefficient (Wildman–Crippen LogP) is 2.07. The number of methoxy groups -OCH3 is 1. The van der Waals surface area contributed by atoms with Crippen molar-refractivity contribution in [1.82, 2.24) is 19.1 Å². The number of aromatic nitrogens is 4. The molecule has 0 spiro atoms. The van der Waals surface area contributed by atoms with Gasteiger partial charge in [0.1, 0.15) is 11.6 Å². The molecule has 0 aliphatic rings. The van der Waals surface area contributed by atoms with Gasteiger partial charge in [-0.3, -0.25) is 18.9 Å². The summed E-state index contributed by atoms with van der Waals surface area (Å²) in [6.45, 7) is 0.221. The van der Waals surface area contributed by atoms with Crippen LogP contribution in [0.1, 0.15) is 11.1 Å². The van der Waals surface area contributed by atoms with E-state index in [0.717, 1.165) is 16.9 Å². The summed E-state index contributed by atoms with van der Waals surface area (Å²) in [7, 11) is 3.10. The van der Waals surface area contributed by atoms with Crippen LogP contribution in [0, 0.1) is 5.82 Å². The molecule has 0 fully saturated rings. The van der Waals surface area contributed by atoms with Gasteiger partial charge in [0.05, 0.1) is 19.9 Å². The molecular weight excluding hydrogens is 403 g/mol. The normalized spacial score (nSPS) is 11.3. The second kappa shape index (κ2) is 8.27. The fourth-order valence-electron chi connectivity index (χ4n) is 3.10. The Morgan fingerprint density at radius 1 is 1.16 bits per heavy atom. The molecule has 0 aliphatic heterocycles. The highest BCUT2D eigenvalue weighted by atomic mass is 19.1. The minimum Gasteiger partial charge on any atom is -0.497 e. The molecule has 0 saturated heterocycles. The van der Waals surface area contributed by atoms with Gasteiger partial charge in [0.25, 0.3) is 5.56 Å². The van der Waals surface area contributed by atoms with Crippen LogP contribution >= 0.6 is 0 Å². The third-order valence-corrected chi connectivity index (χ3v) is 4.75. The minimum atomic E-state index is -0.572. The van der Waals surface area contributed by atoms with Gasteiger partial charge in [0.2, 0.25) is 5.95 Å². The first-order valence-electron chi connectivity index (χ1n) is 9.33. The number of hydrogen-bond acceptors (Lipinski definition) is 6. The Balaban J connectivity index is 1.73. The first-order valence-corrected chi connectivity index (χ1v) is 9.33. The molecule has 4 aromatic rings. The van der Waals surface area contributed by atoms with Crippen LogP contribution in [-0.2, 0) is 13.6 Å². The number of hydrogen-bond donors (Lipinski definition) is 2. The number of hydrazone groups is 1. The summed E-state index contributed by atoms with van der Waals surface area (Å²) < 4.78 is 21.2. The number of aromatic amines is 1. The second-order valence-corrected chi connectivity index (χ2v) is 6.78. The van der Waals surface area contributed by atoms with Crippen molar-refractivity contribution in [2.75, 3.05) is 12.5 Å². The van der Waals surface area contributed by atoms with E-state index >= 15 is 0 Å². The number of nitrogens with zero attached hydrogens (tertiary/aromatic N) is 4. The molecule has 0 atom stereocenters. The monoisotopic (exact) mass is 422 g/mol. The number of rotatable bonds is 6. The van der Waals surface area contributed by atoms with Crippen LogP contribution in [0.4, 0.5) is 10.3 Å². The largest absolute Gasteiger partial charge is 0.497 e. The van der Waals surface area contributed by atoms with Gasteiger partial charge < -0.3 is 4.74 Å². The molecule has 2 N–H and O–H groups in total. The molecular formula is C21H19FN6O3. The van der Waals surface area contributed by atoms with Gasteiger partial charge in [-0.25, -0.2) is 14.6 Å². The maximum atomic E-state index is 13.3. The maximum Gasteiger partial charge on any atom is 0.329 e. The fraction of sp³-hybridized carbons (Fsp3) is 0.143. The zero-order valence-corrected chi connectivity index (χ0v) is 16.8. The van der Waals surface area contributed by atoms with Crippen molar-refractivity contribution in [3.8, 4) is 5.75 Å². The molecule has 0 aliphatic carbocycles. The average molecular weight is 422 g/mol. The molecule has 2 aromatic carbocycles. The Bertz CT molecular complexity index is 1370. The molecule has 0 saturated carbocycles. The standard InChI is InChI=1S/C21H19FN6O3/c1-27-18-17(19(29)25-21(27)30)28(12-14-3-7-15(22)8-4-14)20(24-18)26-23-11-13-5-9-16(31-2)10-6-13/h3-11H,12H2,1-2H3,(H,24,26)(H,25,29,30)/b23-11+. The number of halogens is 1. The predicted molar refractivity (Wildman–Crippen MR) is 115 cm³/mol. The molecule has 2 heterocycles. The van der Waals surface area contributed by atoms with Crippen molar-refractivity contribution < 1.29 is 9.13 Å². The lowest BCUT2D eigenvalue weighted by molar-refractivity contribution is 0.415. The van der Waals surface area contributed by atoms with Gasteiger partial charge >= 0.3 is 5.69 Å². The van der Waals surface area contributed by atoms with Crippen molar-refractivity contribution in [3.63, 3.8) is 0 Å². The maximum absolute atomic E-state index is 13.3. The Labute approximate surface area is 175 Å². The van der Waals surface area contributed by atoms with Gasteiger partial charge in [-0.15, -0.1) is 0 Å². The SMILES string of the molecule is COc1ccc(/C=N/Nc2nc3c(c(=O)[nH]c(=O)n3C)n2Cc2ccc(F)cc2)cc1. The quantitative estimate of drug-likeness (QED) is 0.366. The summed E-state index contributed by atoms with van der Waals surface area (Å²) >= 11 is 0. The summed E-state index contributed by atoms with van der Waals surface area (Å²) in [6.07, 6.45) is 1.59. The van der Waals surface area contributed by atoms with E-state index in [1.807, 2.05) is 12.1 Å². The second-order valence-electron chi connectivity index (χ2n) is 6.78. The van der Waals surface area contributed by atoms with Crippen LogP contribution in [0.5, 0.6) is 5.75 Å². The topological polar surface area (TPSA) is 106 Å². The Kier molecular flexibility index (Phi) is 5.35. The van der Waals surface area contributed by atoms with E-state index in [0.29, 0.717) is 0 Å². The molecule has 9 nitrogen and oxygen atoms in total. The van der Waals surface area contributed by atoms with E-state index in [1.54, 1.807) is 42.2 Å². The van der Waals surface area contributed by atoms with Crippen molar-refractivity contribution in [2.24, 2.45) is 12.1 Å². The number of aryl methyl sites for hydroxylation is 1. The average Bonchev–Trinajstić information content (AvgIpc) is 3.13. The highest BCUT2D eigenvalue weighted by Gasteiger charge is 2.17. The van der Waals surface area contributed by atoms with Gasteiger partial charge in [0, 0.05) is 7.05 Å². The number of imidazole rings is 1. The molecule has 0 radical (unpaired) electrons. The molecule has 31 heavy (non-hydrogen) atoms. The molecule has 10 heteroatoms. The highest BCUT2D eigenvalue weighted by Crippen LogP contribution is 2.18.